The molecule has 0 rings (SSSR count). The van der Waals surface area contributed by atoms with E-state index in [0.29, 0.717) is 0 Å². The largest absolute Gasteiger partial charge is 0.750 e. The van der Waals surface area contributed by atoms with Crippen molar-refractivity contribution in [2.24, 2.45) is 0 Å². The van der Waals surface area contributed by atoms with Gasteiger partial charge in [-0.25, -0.2) is 4.21 Å². The van der Waals surface area contributed by atoms with Gasteiger partial charge in [0.1, 0.15) is 0 Å². The summed E-state index contributed by atoms with van der Waals surface area (Å²) in [7, 11) is 0. The van der Waals surface area contributed by atoms with Gasteiger partial charge in [-0.15, -0.1) is 0 Å². The van der Waals surface area contributed by atoms with Crippen LogP contribution >= 0.6 is 0 Å². The minimum absolute atomic E-state index is 0. The monoisotopic (exact) mass is 132 g/mol. The summed E-state index contributed by atoms with van der Waals surface area (Å²) in [6.45, 7) is 0. The molecule has 1 unspecified atom stereocenters. The molecular weight excluding hydrogens is 131 g/mol. The van der Waals surface area contributed by atoms with Gasteiger partial charge in [-0.1, -0.05) is 0 Å². The van der Waals surface area contributed by atoms with Crippen molar-refractivity contribution < 1.29 is 31.9 Å². The molecule has 1 N–H and O–H groups in total. The van der Waals surface area contributed by atoms with Crippen LogP contribution in [0.2, 0.25) is 0 Å². The average molecular weight is 132 g/mol. The average Bonchev–Trinajstić information content (AvgIpc) is 0.811. The molecule has 3 nitrogen and oxygen atoms in total. The summed E-state index contributed by atoms with van der Waals surface area (Å²) in [4.78, 5) is 0. The molecule has 0 saturated carbocycles. The van der Waals surface area contributed by atoms with Crippen LogP contribution in [-0.4, -0.2) is 13.3 Å². The summed E-state index contributed by atoms with van der Waals surface area (Å²) in [6.07, 6.45) is 0. The van der Waals surface area contributed by atoms with E-state index in [1.165, 1.54) is 0 Å². The Labute approximate surface area is 43.8 Å². The van der Waals surface area contributed by atoms with E-state index in [0.717, 1.165) is 0 Å². The molecule has 5 heteroatoms. The Morgan fingerprint density at radius 2 is 1.80 bits per heavy atom. The fourth-order valence-electron chi connectivity index (χ4n) is 0. The molecule has 0 aromatic rings. The van der Waals surface area contributed by atoms with Crippen LogP contribution in [0.4, 0.5) is 0 Å². The van der Waals surface area contributed by atoms with E-state index >= 15 is 0 Å². The minimum Gasteiger partial charge on any atom is -0.750 e. The summed E-state index contributed by atoms with van der Waals surface area (Å²) in [6, 6.07) is 0. The third-order valence-corrected chi connectivity index (χ3v) is 0. The van der Waals surface area contributed by atoms with E-state index in [-0.39, 0.29) is 18.6 Å². The predicted molar refractivity (Wildman–Crippen MR) is 11.5 cm³/mol. The van der Waals surface area contributed by atoms with Crippen molar-refractivity contribution in [1.29, 1.82) is 0 Å². The summed E-state index contributed by atoms with van der Waals surface area (Å²) in [5.41, 5.74) is 0. The van der Waals surface area contributed by atoms with Crippen LogP contribution in [0.5, 0.6) is 0 Å². The second-order valence-corrected chi connectivity index (χ2v) is 0.651. The van der Waals surface area contributed by atoms with Gasteiger partial charge in [-0.05, 0) is 0 Å². The maximum absolute atomic E-state index is 8.56. The zero-order valence-corrected chi connectivity index (χ0v) is 4.33. The maximum atomic E-state index is 8.56. The Morgan fingerprint density at radius 1 is 1.80 bits per heavy atom. The summed E-state index contributed by atoms with van der Waals surface area (Å²) in [5.74, 6) is 0. The molecule has 0 bridgehead atoms. The molecule has 5 heavy (non-hydrogen) atoms. The zero-order valence-electron chi connectivity index (χ0n) is 2.12. The molecule has 0 aromatic heterocycles. The second kappa shape index (κ2) is 4.65. The normalized spacial score (nSPS) is 12.4. The van der Waals surface area contributed by atoms with Gasteiger partial charge in [-0.3, -0.25) is 0 Å². The van der Waals surface area contributed by atoms with Crippen molar-refractivity contribution in [3.05, 3.63) is 0 Å². The Morgan fingerprint density at radius 3 is 1.80 bits per heavy atom. The SMILES string of the molecule is O=S([O-])O.[V]. The second-order valence-electron chi connectivity index (χ2n) is 0.217. The van der Waals surface area contributed by atoms with Crippen LogP contribution in [0.3, 0.4) is 0 Å². The van der Waals surface area contributed by atoms with Gasteiger partial charge in [0.25, 0.3) is 0 Å². The van der Waals surface area contributed by atoms with E-state index in [2.05, 4.69) is 0 Å². The van der Waals surface area contributed by atoms with Crippen LogP contribution in [0.25, 0.3) is 0 Å². The standard InChI is InChI=1S/H2O3S.V/c1-4(2)3;/h(H2,1,2,3);/p-1. The van der Waals surface area contributed by atoms with E-state index in [1.54, 1.807) is 0 Å². The number of hydrogen-bond donors (Lipinski definition) is 1. The van der Waals surface area contributed by atoms with Crippen molar-refractivity contribution in [1.82, 2.24) is 0 Å². The maximum Gasteiger partial charge on any atom is 0.0814 e. The molecule has 0 aromatic carbocycles. The van der Waals surface area contributed by atoms with Crippen LogP contribution in [-0.2, 0) is 29.9 Å². The third-order valence-electron chi connectivity index (χ3n) is 0. The van der Waals surface area contributed by atoms with Crippen molar-refractivity contribution in [3.8, 4) is 0 Å². The van der Waals surface area contributed by atoms with E-state index < -0.39 is 11.4 Å². The molecule has 0 aliphatic carbocycles. The van der Waals surface area contributed by atoms with Gasteiger partial charge in [0.2, 0.25) is 0 Å². The Kier molecular flexibility index (Phi) is 8.54. The molecule has 31 valence electrons. The number of hydrogen-bond acceptors (Lipinski definition) is 2. The van der Waals surface area contributed by atoms with Crippen molar-refractivity contribution in [2.75, 3.05) is 0 Å². The van der Waals surface area contributed by atoms with Gasteiger partial charge < -0.3 is 9.11 Å². The fourth-order valence-corrected chi connectivity index (χ4v) is 0. The zero-order chi connectivity index (χ0) is 3.58. The van der Waals surface area contributed by atoms with E-state index in [1.807, 2.05) is 0 Å². The van der Waals surface area contributed by atoms with Crippen LogP contribution < -0.4 is 0 Å². The first-order valence-electron chi connectivity index (χ1n) is 0.516. The third kappa shape index (κ3) is 76.6. The Balaban J connectivity index is 0. The van der Waals surface area contributed by atoms with E-state index in [9.17, 15) is 0 Å². The Hall–Kier alpha value is 0.654. The molecule has 1 radical (unpaired) electrons. The molecule has 0 fully saturated rings. The predicted octanol–water partition coefficient (Wildman–Crippen LogP) is -0.664. The molecule has 0 heterocycles. The summed E-state index contributed by atoms with van der Waals surface area (Å²) < 4.78 is 24.1. The van der Waals surface area contributed by atoms with Crippen LogP contribution in [0.1, 0.15) is 0 Å². The van der Waals surface area contributed by atoms with Crippen LogP contribution in [0.15, 0.2) is 0 Å². The first-order chi connectivity index (χ1) is 1.73. The molecular formula is HO3SV-. The summed E-state index contributed by atoms with van der Waals surface area (Å²) >= 11 is -2.86. The summed E-state index contributed by atoms with van der Waals surface area (Å²) in [5, 5.41) is 0. The number of rotatable bonds is 0. The first kappa shape index (κ1) is 9.17. The van der Waals surface area contributed by atoms with Gasteiger partial charge in [-0.2, -0.15) is 0 Å². The minimum atomic E-state index is -2.86. The molecule has 1 atom stereocenters. The van der Waals surface area contributed by atoms with Crippen molar-refractivity contribution in [3.63, 3.8) is 0 Å². The smallest absolute Gasteiger partial charge is 0.0814 e. The molecule has 0 spiro atoms. The molecule has 0 saturated heterocycles. The van der Waals surface area contributed by atoms with Crippen molar-refractivity contribution in [2.45, 2.75) is 0 Å². The van der Waals surface area contributed by atoms with Gasteiger partial charge >= 0.3 is 0 Å². The van der Waals surface area contributed by atoms with Crippen LogP contribution in [0, 0.1) is 0 Å². The quantitative estimate of drug-likeness (QED) is 0.445. The van der Waals surface area contributed by atoms with E-state index in [4.69, 9.17) is 13.3 Å². The topological polar surface area (TPSA) is 60.4 Å². The van der Waals surface area contributed by atoms with Crippen molar-refractivity contribution >= 4 is 11.4 Å². The van der Waals surface area contributed by atoms with Gasteiger partial charge in [0, 0.05) is 18.6 Å². The molecule has 0 aliphatic heterocycles. The molecule has 0 aliphatic rings. The Bertz CT molecular complexity index is 29.9. The van der Waals surface area contributed by atoms with Gasteiger partial charge in [0.05, 0.1) is 11.4 Å². The first-order valence-corrected chi connectivity index (χ1v) is 1.55. The molecule has 0 amide bonds. The fraction of sp³-hybridized carbons (Fsp3) is 0. The van der Waals surface area contributed by atoms with Gasteiger partial charge in [0.15, 0.2) is 0 Å².